The monoisotopic (exact) mass is 378 g/mol. The standard InChI is InChI=1S/C12H12Br2O4/c1-2-11(15)17-6-5-12(16)18-10-4-3-8(13)7-9(10)14/h2-4,7,12,16H,1,5-6H2. The lowest BCUT2D eigenvalue weighted by Gasteiger charge is -2.14. The zero-order valence-electron chi connectivity index (χ0n) is 9.44. The molecule has 1 aromatic carbocycles. The number of carbonyl (C=O) groups is 1. The van der Waals surface area contributed by atoms with E-state index in [0.29, 0.717) is 5.75 Å². The maximum Gasteiger partial charge on any atom is 0.330 e. The minimum Gasteiger partial charge on any atom is -0.464 e. The first-order chi connectivity index (χ1) is 8.52. The molecule has 0 amide bonds. The molecule has 1 aromatic rings. The molecule has 0 aromatic heterocycles. The summed E-state index contributed by atoms with van der Waals surface area (Å²) in [5, 5.41) is 9.61. The maximum atomic E-state index is 10.8. The Balaban J connectivity index is 2.42. The van der Waals surface area contributed by atoms with Crippen molar-refractivity contribution in [3.63, 3.8) is 0 Å². The molecule has 0 heterocycles. The van der Waals surface area contributed by atoms with E-state index in [4.69, 9.17) is 9.47 Å². The van der Waals surface area contributed by atoms with Crippen LogP contribution in [0, 0.1) is 0 Å². The third kappa shape index (κ3) is 5.20. The van der Waals surface area contributed by atoms with Gasteiger partial charge in [-0.1, -0.05) is 22.5 Å². The number of rotatable bonds is 6. The minimum absolute atomic E-state index is 0.0696. The summed E-state index contributed by atoms with van der Waals surface area (Å²) in [4.78, 5) is 10.8. The molecular formula is C12H12Br2O4. The van der Waals surface area contributed by atoms with E-state index >= 15 is 0 Å². The molecule has 1 unspecified atom stereocenters. The molecule has 0 saturated carbocycles. The minimum atomic E-state index is -1.04. The number of aliphatic hydroxyl groups is 1. The van der Waals surface area contributed by atoms with Crippen LogP contribution in [0.5, 0.6) is 5.75 Å². The van der Waals surface area contributed by atoms with Crippen molar-refractivity contribution in [3.05, 3.63) is 39.8 Å². The number of ether oxygens (including phenoxy) is 2. The molecule has 0 bridgehead atoms. The number of esters is 1. The number of hydrogen-bond acceptors (Lipinski definition) is 4. The summed E-state index contributed by atoms with van der Waals surface area (Å²) in [5.41, 5.74) is 0. The SMILES string of the molecule is C=CC(=O)OCCC(O)Oc1ccc(Br)cc1Br. The lowest BCUT2D eigenvalue weighted by Crippen LogP contribution is -2.19. The second-order valence-corrected chi connectivity index (χ2v) is 5.08. The van der Waals surface area contributed by atoms with E-state index in [-0.39, 0.29) is 13.0 Å². The van der Waals surface area contributed by atoms with E-state index < -0.39 is 12.3 Å². The molecule has 0 radical (unpaired) electrons. The van der Waals surface area contributed by atoms with E-state index in [1.807, 2.05) is 0 Å². The third-order valence-electron chi connectivity index (χ3n) is 1.93. The number of benzene rings is 1. The molecule has 0 saturated heterocycles. The van der Waals surface area contributed by atoms with Crippen LogP contribution in [0.2, 0.25) is 0 Å². The molecule has 1 atom stereocenters. The molecular weight excluding hydrogens is 368 g/mol. The molecule has 0 fully saturated rings. The van der Waals surface area contributed by atoms with Crippen molar-refractivity contribution in [1.29, 1.82) is 0 Å². The average Bonchev–Trinajstić information content (AvgIpc) is 2.32. The highest BCUT2D eigenvalue weighted by atomic mass is 79.9. The van der Waals surface area contributed by atoms with Crippen LogP contribution in [0.15, 0.2) is 39.8 Å². The zero-order chi connectivity index (χ0) is 13.5. The largest absolute Gasteiger partial charge is 0.464 e. The highest BCUT2D eigenvalue weighted by Gasteiger charge is 2.09. The van der Waals surface area contributed by atoms with Crippen molar-refractivity contribution < 1.29 is 19.4 Å². The first-order valence-electron chi connectivity index (χ1n) is 5.12. The quantitative estimate of drug-likeness (QED) is 0.469. The van der Waals surface area contributed by atoms with Gasteiger partial charge in [0.2, 0.25) is 6.29 Å². The van der Waals surface area contributed by atoms with Crippen molar-refractivity contribution in [2.45, 2.75) is 12.7 Å². The van der Waals surface area contributed by atoms with E-state index in [1.165, 1.54) is 0 Å². The number of hydrogen-bond donors (Lipinski definition) is 1. The van der Waals surface area contributed by atoms with E-state index in [9.17, 15) is 9.90 Å². The second-order valence-electron chi connectivity index (χ2n) is 3.31. The van der Waals surface area contributed by atoms with Crippen LogP contribution in [0.3, 0.4) is 0 Å². The van der Waals surface area contributed by atoms with Crippen LogP contribution in [-0.2, 0) is 9.53 Å². The summed E-state index contributed by atoms with van der Waals surface area (Å²) in [6, 6.07) is 5.32. The summed E-state index contributed by atoms with van der Waals surface area (Å²) in [6.45, 7) is 3.34. The molecule has 0 aliphatic rings. The lowest BCUT2D eigenvalue weighted by atomic mass is 10.3. The van der Waals surface area contributed by atoms with Crippen LogP contribution in [-0.4, -0.2) is 24.0 Å². The van der Waals surface area contributed by atoms with E-state index in [0.717, 1.165) is 15.0 Å². The predicted octanol–water partition coefficient (Wildman–Crippen LogP) is 3.03. The Morgan fingerprint density at radius 3 is 2.83 bits per heavy atom. The Hall–Kier alpha value is -0.850. The molecule has 0 spiro atoms. The summed E-state index contributed by atoms with van der Waals surface area (Å²) in [5.74, 6) is -0.00669. The summed E-state index contributed by atoms with van der Waals surface area (Å²) in [7, 11) is 0. The Bertz CT molecular complexity index is 434. The van der Waals surface area contributed by atoms with Gasteiger partial charge in [-0.15, -0.1) is 0 Å². The van der Waals surface area contributed by atoms with E-state index in [1.54, 1.807) is 18.2 Å². The smallest absolute Gasteiger partial charge is 0.330 e. The fourth-order valence-corrected chi connectivity index (χ4v) is 2.24. The van der Waals surface area contributed by atoms with Crippen molar-refractivity contribution in [3.8, 4) is 5.75 Å². The van der Waals surface area contributed by atoms with Gasteiger partial charge >= 0.3 is 5.97 Å². The predicted molar refractivity (Wildman–Crippen MR) is 74.2 cm³/mol. The normalized spacial score (nSPS) is 11.7. The van der Waals surface area contributed by atoms with Gasteiger partial charge in [-0.05, 0) is 34.1 Å². The fraction of sp³-hybridized carbons (Fsp3) is 0.250. The first kappa shape index (κ1) is 15.2. The number of carbonyl (C=O) groups excluding carboxylic acids is 1. The fourth-order valence-electron chi connectivity index (χ4n) is 1.10. The van der Waals surface area contributed by atoms with Crippen molar-refractivity contribution in [1.82, 2.24) is 0 Å². The molecule has 0 aliphatic carbocycles. The van der Waals surface area contributed by atoms with Crippen LogP contribution < -0.4 is 4.74 Å². The van der Waals surface area contributed by atoms with Crippen LogP contribution in [0.4, 0.5) is 0 Å². The van der Waals surface area contributed by atoms with Crippen molar-refractivity contribution in [2.75, 3.05) is 6.61 Å². The Kier molecular flexibility index (Phi) is 6.38. The average molecular weight is 380 g/mol. The van der Waals surface area contributed by atoms with Gasteiger partial charge in [0.05, 0.1) is 11.1 Å². The molecule has 6 heteroatoms. The molecule has 0 aliphatic heterocycles. The van der Waals surface area contributed by atoms with Crippen LogP contribution in [0.25, 0.3) is 0 Å². The number of halogens is 2. The molecule has 1 rings (SSSR count). The van der Waals surface area contributed by atoms with Crippen molar-refractivity contribution in [2.24, 2.45) is 0 Å². The molecule has 98 valence electrons. The van der Waals surface area contributed by atoms with Gasteiger partial charge in [-0.25, -0.2) is 4.79 Å². The summed E-state index contributed by atoms with van der Waals surface area (Å²) < 4.78 is 11.6. The maximum absolute atomic E-state index is 10.8. The lowest BCUT2D eigenvalue weighted by molar-refractivity contribution is -0.139. The van der Waals surface area contributed by atoms with Gasteiger partial charge < -0.3 is 14.6 Å². The Labute approximate surface area is 122 Å². The van der Waals surface area contributed by atoms with Gasteiger partial charge in [0.15, 0.2) is 0 Å². The summed E-state index contributed by atoms with van der Waals surface area (Å²) in [6.07, 6.45) is 0.209. The highest BCUT2D eigenvalue weighted by molar-refractivity contribution is 9.11. The Morgan fingerprint density at radius 1 is 1.50 bits per heavy atom. The molecule has 18 heavy (non-hydrogen) atoms. The first-order valence-corrected chi connectivity index (χ1v) is 6.70. The third-order valence-corrected chi connectivity index (χ3v) is 3.05. The summed E-state index contributed by atoms with van der Waals surface area (Å²) >= 11 is 6.63. The van der Waals surface area contributed by atoms with Gasteiger partial charge in [-0.3, -0.25) is 0 Å². The topological polar surface area (TPSA) is 55.8 Å². The van der Waals surface area contributed by atoms with Crippen LogP contribution >= 0.6 is 31.9 Å². The molecule has 1 N–H and O–H groups in total. The van der Waals surface area contributed by atoms with Gasteiger partial charge in [0.25, 0.3) is 0 Å². The molecule has 4 nitrogen and oxygen atoms in total. The van der Waals surface area contributed by atoms with Crippen LogP contribution in [0.1, 0.15) is 6.42 Å². The second kappa shape index (κ2) is 7.56. The van der Waals surface area contributed by atoms with Gasteiger partial charge in [-0.2, -0.15) is 0 Å². The van der Waals surface area contributed by atoms with Crippen molar-refractivity contribution >= 4 is 37.8 Å². The van der Waals surface area contributed by atoms with Gasteiger partial charge in [0, 0.05) is 17.0 Å². The highest BCUT2D eigenvalue weighted by Crippen LogP contribution is 2.28. The number of aliphatic hydroxyl groups excluding tert-OH is 1. The Morgan fingerprint density at radius 2 is 2.22 bits per heavy atom. The van der Waals surface area contributed by atoms with Gasteiger partial charge in [0.1, 0.15) is 5.75 Å². The van der Waals surface area contributed by atoms with E-state index in [2.05, 4.69) is 38.4 Å². The zero-order valence-corrected chi connectivity index (χ0v) is 12.6.